The Bertz CT molecular complexity index is 672. The van der Waals surface area contributed by atoms with Crippen molar-refractivity contribution in [3.05, 3.63) is 34.2 Å². The summed E-state index contributed by atoms with van der Waals surface area (Å²) in [5, 5.41) is 3.77. The first kappa shape index (κ1) is 14.4. The molecule has 1 aromatic carbocycles. The molecule has 1 saturated carbocycles. The van der Waals surface area contributed by atoms with Gasteiger partial charge in [0.25, 0.3) is 0 Å². The van der Waals surface area contributed by atoms with Crippen LogP contribution >= 0.6 is 0 Å². The minimum Gasteiger partial charge on any atom is -0.307 e. The molecule has 1 heterocycles. The monoisotopic (exact) mass is 287 g/mol. The summed E-state index contributed by atoms with van der Waals surface area (Å²) < 4.78 is 0. The molecule has 21 heavy (non-hydrogen) atoms. The Morgan fingerprint density at radius 3 is 2.71 bits per heavy atom. The van der Waals surface area contributed by atoms with Crippen molar-refractivity contribution in [2.45, 2.75) is 52.1 Å². The van der Waals surface area contributed by atoms with E-state index >= 15 is 0 Å². The predicted molar refractivity (Wildman–Crippen MR) is 86.4 cm³/mol. The van der Waals surface area contributed by atoms with E-state index in [0.29, 0.717) is 12.1 Å². The first-order valence-corrected chi connectivity index (χ1v) is 8.01. The van der Waals surface area contributed by atoms with Crippen LogP contribution in [0.2, 0.25) is 0 Å². The molecule has 0 spiro atoms. The lowest BCUT2D eigenvalue weighted by Gasteiger charge is -2.35. The van der Waals surface area contributed by atoms with Gasteiger partial charge in [0, 0.05) is 12.1 Å². The van der Waals surface area contributed by atoms with Gasteiger partial charge in [0.15, 0.2) is 0 Å². The third-order valence-corrected chi connectivity index (χ3v) is 4.94. The summed E-state index contributed by atoms with van der Waals surface area (Å²) in [6.07, 6.45) is 3.89. The Labute approximate surface area is 125 Å². The summed E-state index contributed by atoms with van der Waals surface area (Å²) in [6, 6.07) is 7.04. The number of benzene rings is 1. The van der Waals surface area contributed by atoms with Crippen LogP contribution in [0.25, 0.3) is 11.0 Å². The van der Waals surface area contributed by atoms with Crippen LogP contribution in [0.15, 0.2) is 23.0 Å². The first-order chi connectivity index (χ1) is 10.0. The highest BCUT2D eigenvalue weighted by atomic mass is 16.1. The molecular weight excluding hydrogens is 262 g/mol. The quantitative estimate of drug-likeness (QED) is 0.811. The number of imidazole rings is 1. The van der Waals surface area contributed by atoms with Crippen molar-refractivity contribution in [2.75, 3.05) is 0 Å². The van der Waals surface area contributed by atoms with E-state index in [4.69, 9.17) is 0 Å². The van der Waals surface area contributed by atoms with Gasteiger partial charge in [-0.05, 0) is 55.7 Å². The van der Waals surface area contributed by atoms with Crippen molar-refractivity contribution in [2.24, 2.45) is 11.8 Å². The number of aromatic amines is 2. The van der Waals surface area contributed by atoms with Crippen molar-refractivity contribution in [3.8, 4) is 0 Å². The Kier molecular flexibility index (Phi) is 3.89. The highest BCUT2D eigenvalue weighted by Crippen LogP contribution is 2.30. The molecule has 4 atom stereocenters. The van der Waals surface area contributed by atoms with Gasteiger partial charge in [-0.15, -0.1) is 0 Å². The van der Waals surface area contributed by atoms with E-state index in [9.17, 15) is 4.79 Å². The number of hydrogen-bond donors (Lipinski definition) is 3. The van der Waals surface area contributed by atoms with Gasteiger partial charge in [0.05, 0.1) is 11.0 Å². The van der Waals surface area contributed by atoms with Crippen LogP contribution in [0.1, 0.15) is 51.6 Å². The molecule has 2 aromatic rings. The summed E-state index contributed by atoms with van der Waals surface area (Å²) in [4.78, 5) is 17.0. The number of aromatic nitrogens is 2. The summed E-state index contributed by atoms with van der Waals surface area (Å²) in [7, 11) is 0. The maximum Gasteiger partial charge on any atom is 0.323 e. The van der Waals surface area contributed by atoms with Gasteiger partial charge in [-0.25, -0.2) is 4.79 Å². The lowest BCUT2D eigenvalue weighted by molar-refractivity contribution is 0.216. The third-order valence-electron chi connectivity index (χ3n) is 4.94. The number of H-pyrrole nitrogens is 2. The molecule has 4 unspecified atom stereocenters. The average molecular weight is 287 g/mol. The Morgan fingerprint density at radius 1 is 1.19 bits per heavy atom. The Morgan fingerprint density at radius 2 is 1.95 bits per heavy atom. The summed E-state index contributed by atoms with van der Waals surface area (Å²) >= 11 is 0. The Hall–Kier alpha value is -1.55. The number of hydrogen-bond acceptors (Lipinski definition) is 2. The molecule has 1 aliphatic carbocycles. The van der Waals surface area contributed by atoms with E-state index in [1.807, 2.05) is 6.07 Å². The molecule has 4 heteroatoms. The summed E-state index contributed by atoms with van der Waals surface area (Å²) in [5.41, 5.74) is 2.84. The van der Waals surface area contributed by atoms with Crippen molar-refractivity contribution in [3.63, 3.8) is 0 Å². The molecule has 1 fully saturated rings. The normalized spacial score (nSPS) is 27.9. The molecule has 0 amide bonds. The fraction of sp³-hybridized carbons (Fsp3) is 0.588. The van der Waals surface area contributed by atoms with Crippen molar-refractivity contribution < 1.29 is 0 Å². The highest BCUT2D eigenvalue weighted by molar-refractivity contribution is 5.75. The van der Waals surface area contributed by atoms with Crippen LogP contribution in [-0.4, -0.2) is 16.0 Å². The topological polar surface area (TPSA) is 60.7 Å². The summed E-state index contributed by atoms with van der Waals surface area (Å²) in [6.45, 7) is 6.91. The van der Waals surface area contributed by atoms with E-state index in [0.717, 1.165) is 22.9 Å². The van der Waals surface area contributed by atoms with Gasteiger partial charge < -0.3 is 15.3 Å². The summed E-state index contributed by atoms with van der Waals surface area (Å²) in [5.74, 6) is 1.58. The second-order valence-corrected chi connectivity index (χ2v) is 6.77. The number of nitrogens with one attached hydrogen (secondary N) is 3. The maximum absolute atomic E-state index is 11.3. The second-order valence-electron chi connectivity index (χ2n) is 6.77. The van der Waals surface area contributed by atoms with Crippen molar-refractivity contribution >= 4 is 11.0 Å². The van der Waals surface area contributed by atoms with Crippen LogP contribution in [0.5, 0.6) is 0 Å². The lowest BCUT2D eigenvalue weighted by atomic mass is 9.79. The fourth-order valence-electron chi connectivity index (χ4n) is 3.65. The van der Waals surface area contributed by atoms with Crippen molar-refractivity contribution in [1.29, 1.82) is 0 Å². The standard InChI is InChI=1S/C17H25N3O/c1-10-4-6-14(11(2)8-10)18-12(3)13-5-7-15-16(9-13)20-17(21)19-15/h5,7,9-12,14,18H,4,6,8H2,1-3H3,(H2,19,20,21). The molecule has 3 N–H and O–H groups in total. The molecule has 0 aliphatic heterocycles. The van der Waals surface area contributed by atoms with E-state index in [-0.39, 0.29) is 5.69 Å². The second kappa shape index (κ2) is 5.68. The van der Waals surface area contributed by atoms with Crippen LogP contribution < -0.4 is 11.0 Å². The van der Waals surface area contributed by atoms with Crippen LogP contribution in [-0.2, 0) is 0 Å². The Balaban J connectivity index is 1.74. The molecule has 3 rings (SSSR count). The van der Waals surface area contributed by atoms with Gasteiger partial charge in [-0.3, -0.25) is 0 Å². The zero-order chi connectivity index (χ0) is 15.0. The smallest absolute Gasteiger partial charge is 0.307 e. The zero-order valence-corrected chi connectivity index (χ0v) is 13.1. The molecule has 1 aliphatic rings. The van der Waals surface area contributed by atoms with E-state index < -0.39 is 0 Å². The lowest BCUT2D eigenvalue weighted by Crippen LogP contribution is -2.40. The van der Waals surface area contributed by atoms with Gasteiger partial charge in [0.2, 0.25) is 0 Å². The minimum absolute atomic E-state index is 0.141. The molecule has 0 bridgehead atoms. The van der Waals surface area contributed by atoms with Gasteiger partial charge in [0.1, 0.15) is 0 Å². The average Bonchev–Trinajstić information content (AvgIpc) is 2.80. The molecule has 0 saturated heterocycles. The molecule has 1 aromatic heterocycles. The molecule has 0 radical (unpaired) electrons. The van der Waals surface area contributed by atoms with Crippen LogP contribution in [0.4, 0.5) is 0 Å². The highest BCUT2D eigenvalue weighted by Gasteiger charge is 2.26. The number of fused-ring (bicyclic) bond motifs is 1. The van der Waals surface area contributed by atoms with Gasteiger partial charge in [-0.2, -0.15) is 0 Å². The van der Waals surface area contributed by atoms with Crippen LogP contribution in [0, 0.1) is 11.8 Å². The molecule has 114 valence electrons. The zero-order valence-electron chi connectivity index (χ0n) is 13.1. The SMILES string of the molecule is CC1CCC(NC(C)c2ccc3[nH]c(=O)[nH]c3c2)C(C)C1. The van der Waals surface area contributed by atoms with Gasteiger partial charge >= 0.3 is 5.69 Å². The largest absolute Gasteiger partial charge is 0.323 e. The van der Waals surface area contributed by atoms with E-state index in [1.54, 1.807) is 0 Å². The van der Waals surface area contributed by atoms with E-state index in [2.05, 4.69) is 48.2 Å². The van der Waals surface area contributed by atoms with Gasteiger partial charge in [-0.1, -0.05) is 19.9 Å². The minimum atomic E-state index is -0.141. The number of rotatable bonds is 3. The third kappa shape index (κ3) is 3.05. The van der Waals surface area contributed by atoms with Crippen molar-refractivity contribution in [1.82, 2.24) is 15.3 Å². The first-order valence-electron chi connectivity index (χ1n) is 8.01. The van der Waals surface area contributed by atoms with E-state index in [1.165, 1.54) is 24.8 Å². The fourth-order valence-corrected chi connectivity index (χ4v) is 3.65. The van der Waals surface area contributed by atoms with Crippen LogP contribution in [0.3, 0.4) is 0 Å². The molecular formula is C17H25N3O. The maximum atomic E-state index is 11.3. The molecule has 4 nitrogen and oxygen atoms in total. The predicted octanol–water partition coefficient (Wildman–Crippen LogP) is 3.33.